The van der Waals surface area contributed by atoms with E-state index in [0.29, 0.717) is 12.0 Å². The molecule has 1 heterocycles. The number of rotatable bonds is 3. The first-order chi connectivity index (χ1) is 7.02. The van der Waals surface area contributed by atoms with Crippen LogP contribution in [-0.4, -0.2) is 35.8 Å². The van der Waals surface area contributed by atoms with E-state index in [1.165, 1.54) is 6.92 Å². The lowest BCUT2D eigenvalue weighted by Gasteiger charge is -2.27. The third kappa shape index (κ3) is 3.22. The Balaban J connectivity index is 2.47. The molecule has 0 aromatic carbocycles. The van der Waals surface area contributed by atoms with Crippen LogP contribution < -0.4 is 5.32 Å². The zero-order valence-corrected chi connectivity index (χ0v) is 9.75. The highest BCUT2D eigenvalue weighted by molar-refractivity contribution is 5.84. The van der Waals surface area contributed by atoms with Gasteiger partial charge in [0.25, 0.3) is 0 Å². The molecule has 0 saturated carbocycles. The molecule has 1 fully saturated rings. The van der Waals surface area contributed by atoms with E-state index in [-0.39, 0.29) is 18.4 Å². The molecule has 0 radical (unpaired) electrons. The lowest BCUT2D eigenvalue weighted by atomic mass is 10.0. The van der Waals surface area contributed by atoms with Crippen LogP contribution >= 0.6 is 0 Å². The van der Waals surface area contributed by atoms with E-state index in [9.17, 15) is 9.59 Å². The molecule has 0 aromatic rings. The molecule has 1 N–H and O–H groups in total. The van der Waals surface area contributed by atoms with Gasteiger partial charge in [0, 0.05) is 19.5 Å². The number of likely N-dealkylation sites (tertiary alicyclic amines) is 1. The second kappa shape index (κ2) is 5.14. The molecule has 0 aliphatic carbocycles. The fourth-order valence-electron chi connectivity index (χ4n) is 2.10. The van der Waals surface area contributed by atoms with Crippen molar-refractivity contribution in [2.75, 3.05) is 13.1 Å². The van der Waals surface area contributed by atoms with Gasteiger partial charge < -0.3 is 10.2 Å². The molecule has 1 saturated heterocycles. The Labute approximate surface area is 91.0 Å². The van der Waals surface area contributed by atoms with Crippen LogP contribution in [-0.2, 0) is 9.59 Å². The summed E-state index contributed by atoms with van der Waals surface area (Å²) < 4.78 is 0. The Bertz CT molecular complexity index is 251. The third-order valence-electron chi connectivity index (χ3n) is 2.88. The van der Waals surface area contributed by atoms with E-state index in [4.69, 9.17) is 0 Å². The highest BCUT2D eigenvalue weighted by Gasteiger charge is 2.30. The fourth-order valence-corrected chi connectivity index (χ4v) is 2.10. The van der Waals surface area contributed by atoms with Gasteiger partial charge in [0.05, 0.1) is 6.54 Å². The Morgan fingerprint density at radius 1 is 1.47 bits per heavy atom. The lowest BCUT2D eigenvalue weighted by molar-refractivity contribution is -0.133. The van der Waals surface area contributed by atoms with Crippen molar-refractivity contribution in [3.05, 3.63) is 0 Å². The SMILES string of the molecule is CC(=O)NCC(=O)N1CCCC1C(C)C. The number of hydrogen-bond donors (Lipinski definition) is 1. The van der Waals surface area contributed by atoms with Crippen molar-refractivity contribution in [1.82, 2.24) is 10.2 Å². The summed E-state index contributed by atoms with van der Waals surface area (Å²) in [6.45, 7) is 6.67. The summed E-state index contributed by atoms with van der Waals surface area (Å²) in [7, 11) is 0. The van der Waals surface area contributed by atoms with Gasteiger partial charge in [-0.2, -0.15) is 0 Å². The highest BCUT2D eigenvalue weighted by atomic mass is 16.2. The van der Waals surface area contributed by atoms with Crippen LogP contribution in [0.5, 0.6) is 0 Å². The minimum absolute atomic E-state index is 0.0430. The van der Waals surface area contributed by atoms with Crippen molar-refractivity contribution in [3.63, 3.8) is 0 Å². The number of nitrogens with one attached hydrogen (secondary N) is 1. The van der Waals surface area contributed by atoms with Gasteiger partial charge in [-0.25, -0.2) is 0 Å². The largest absolute Gasteiger partial charge is 0.347 e. The molecule has 1 atom stereocenters. The zero-order chi connectivity index (χ0) is 11.4. The minimum atomic E-state index is -0.149. The normalized spacial score (nSPS) is 20.8. The predicted molar refractivity (Wildman–Crippen MR) is 58.3 cm³/mol. The van der Waals surface area contributed by atoms with Gasteiger partial charge in [-0.3, -0.25) is 9.59 Å². The maximum atomic E-state index is 11.8. The standard InChI is InChI=1S/C11H20N2O2/c1-8(2)10-5-4-6-13(10)11(15)7-12-9(3)14/h8,10H,4-7H2,1-3H3,(H,12,14). The van der Waals surface area contributed by atoms with Crippen molar-refractivity contribution in [3.8, 4) is 0 Å². The first kappa shape index (κ1) is 12.0. The van der Waals surface area contributed by atoms with Crippen LogP contribution in [0.4, 0.5) is 0 Å². The average Bonchev–Trinajstić information content (AvgIpc) is 2.62. The molecule has 1 unspecified atom stereocenters. The zero-order valence-electron chi connectivity index (χ0n) is 9.75. The van der Waals surface area contributed by atoms with Gasteiger partial charge in [0.1, 0.15) is 0 Å². The Kier molecular flexibility index (Phi) is 4.12. The van der Waals surface area contributed by atoms with Gasteiger partial charge in [0.2, 0.25) is 11.8 Å². The Morgan fingerprint density at radius 2 is 2.13 bits per heavy atom. The Morgan fingerprint density at radius 3 is 2.67 bits per heavy atom. The summed E-state index contributed by atoms with van der Waals surface area (Å²) in [5.41, 5.74) is 0. The summed E-state index contributed by atoms with van der Waals surface area (Å²) in [6.07, 6.45) is 2.16. The second-order valence-electron chi connectivity index (χ2n) is 4.45. The lowest BCUT2D eigenvalue weighted by Crippen LogP contribution is -2.43. The smallest absolute Gasteiger partial charge is 0.242 e. The van der Waals surface area contributed by atoms with Crippen molar-refractivity contribution in [2.45, 2.75) is 39.7 Å². The number of nitrogens with zero attached hydrogens (tertiary/aromatic N) is 1. The monoisotopic (exact) mass is 212 g/mol. The summed E-state index contributed by atoms with van der Waals surface area (Å²) in [4.78, 5) is 24.4. The molecular formula is C11H20N2O2. The number of carbonyl (C=O) groups excluding carboxylic acids is 2. The molecule has 4 heteroatoms. The molecule has 1 rings (SSSR count). The van der Waals surface area contributed by atoms with E-state index in [1.54, 1.807) is 0 Å². The summed E-state index contributed by atoms with van der Waals surface area (Å²) in [5.74, 6) is 0.388. The molecule has 0 bridgehead atoms. The van der Waals surface area contributed by atoms with Gasteiger partial charge in [-0.05, 0) is 18.8 Å². The van der Waals surface area contributed by atoms with E-state index < -0.39 is 0 Å². The van der Waals surface area contributed by atoms with Crippen LogP contribution in [0.1, 0.15) is 33.6 Å². The third-order valence-corrected chi connectivity index (χ3v) is 2.88. The summed E-state index contributed by atoms with van der Waals surface area (Å²) in [5, 5.41) is 2.55. The van der Waals surface area contributed by atoms with Crippen molar-refractivity contribution in [2.24, 2.45) is 5.92 Å². The molecule has 15 heavy (non-hydrogen) atoms. The van der Waals surface area contributed by atoms with Crippen LogP contribution in [0.25, 0.3) is 0 Å². The van der Waals surface area contributed by atoms with Crippen LogP contribution in [0.2, 0.25) is 0 Å². The fraction of sp³-hybridized carbons (Fsp3) is 0.818. The average molecular weight is 212 g/mol. The Hall–Kier alpha value is -1.06. The van der Waals surface area contributed by atoms with E-state index in [2.05, 4.69) is 19.2 Å². The van der Waals surface area contributed by atoms with Crippen molar-refractivity contribution in [1.29, 1.82) is 0 Å². The van der Waals surface area contributed by atoms with Gasteiger partial charge in [-0.1, -0.05) is 13.8 Å². The van der Waals surface area contributed by atoms with Crippen molar-refractivity contribution >= 4 is 11.8 Å². The maximum absolute atomic E-state index is 11.8. The second-order valence-corrected chi connectivity index (χ2v) is 4.45. The molecule has 4 nitrogen and oxygen atoms in total. The number of amides is 2. The first-order valence-corrected chi connectivity index (χ1v) is 5.56. The molecule has 1 aliphatic heterocycles. The molecule has 86 valence electrons. The highest BCUT2D eigenvalue weighted by Crippen LogP contribution is 2.23. The summed E-state index contributed by atoms with van der Waals surface area (Å²) in [6, 6.07) is 0.353. The maximum Gasteiger partial charge on any atom is 0.242 e. The topological polar surface area (TPSA) is 49.4 Å². The molecule has 0 aromatic heterocycles. The van der Waals surface area contributed by atoms with E-state index >= 15 is 0 Å². The van der Waals surface area contributed by atoms with Gasteiger partial charge >= 0.3 is 0 Å². The van der Waals surface area contributed by atoms with Crippen LogP contribution in [0, 0.1) is 5.92 Å². The predicted octanol–water partition coefficient (Wildman–Crippen LogP) is 0.769. The quantitative estimate of drug-likeness (QED) is 0.751. The van der Waals surface area contributed by atoms with Crippen molar-refractivity contribution < 1.29 is 9.59 Å². The molecule has 1 aliphatic rings. The minimum Gasteiger partial charge on any atom is -0.347 e. The van der Waals surface area contributed by atoms with Crippen LogP contribution in [0.15, 0.2) is 0 Å². The molecule has 2 amide bonds. The van der Waals surface area contributed by atoms with Gasteiger partial charge in [0.15, 0.2) is 0 Å². The summed E-state index contributed by atoms with van der Waals surface area (Å²) >= 11 is 0. The molecular weight excluding hydrogens is 192 g/mol. The first-order valence-electron chi connectivity index (χ1n) is 5.56. The number of carbonyl (C=O) groups is 2. The van der Waals surface area contributed by atoms with Crippen LogP contribution in [0.3, 0.4) is 0 Å². The molecule has 0 spiro atoms. The number of hydrogen-bond acceptors (Lipinski definition) is 2. The van der Waals surface area contributed by atoms with Gasteiger partial charge in [-0.15, -0.1) is 0 Å². The van der Waals surface area contributed by atoms with E-state index in [1.807, 2.05) is 4.90 Å². The van der Waals surface area contributed by atoms with E-state index in [0.717, 1.165) is 19.4 Å².